The van der Waals surface area contributed by atoms with Crippen molar-refractivity contribution in [2.45, 2.75) is 45.2 Å². The molecule has 1 aliphatic rings. The third kappa shape index (κ3) is 4.05. The molecular formula is C18H21ClN2. The summed E-state index contributed by atoms with van der Waals surface area (Å²) in [6.45, 7) is 3.05. The van der Waals surface area contributed by atoms with Crippen LogP contribution in [0.25, 0.3) is 0 Å². The number of nitrogens with zero attached hydrogens (tertiary/aromatic N) is 1. The van der Waals surface area contributed by atoms with E-state index in [0.717, 1.165) is 41.7 Å². The third-order valence-corrected chi connectivity index (χ3v) is 4.31. The van der Waals surface area contributed by atoms with Crippen LogP contribution in [-0.2, 0) is 19.4 Å². The number of rotatable bonds is 6. The van der Waals surface area contributed by atoms with Crippen LogP contribution in [0.3, 0.4) is 0 Å². The van der Waals surface area contributed by atoms with Gasteiger partial charge in [-0.05, 0) is 48.1 Å². The maximum atomic E-state index is 6.41. The van der Waals surface area contributed by atoms with Crippen LogP contribution in [0.2, 0.25) is 5.02 Å². The SMILES string of the molecule is CCc1ccc(Cc2ccc(CNC3CC3)cc2Cl)nc1. The molecule has 0 bridgehead atoms. The van der Waals surface area contributed by atoms with E-state index in [1.807, 2.05) is 6.20 Å². The fourth-order valence-electron chi connectivity index (χ4n) is 2.36. The first kappa shape index (κ1) is 14.6. The largest absolute Gasteiger partial charge is 0.310 e. The molecule has 1 fully saturated rings. The van der Waals surface area contributed by atoms with Crippen LogP contribution in [0, 0.1) is 0 Å². The van der Waals surface area contributed by atoms with E-state index in [4.69, 9.17) is 11.6 Å². The molecule has 2 aromatic rings. The number of hydrogen-bond acceptors (Lipinski definition) is 2. The average Bonchev–Trinajstić information content (AvgIpc) is 3.33. The van der Waals surface area contributed by atoms with Crippen LogP contribution in [0.5, 0.6) is 0 Å². The number of benzene rings is 1. The molecule has 0 atom stereocenters. The molecular weight excluding hydrogens is 280 g/mol. The van der Waals surface area contributed by atoms with Crippen molar-refractivity contribution in [2.75, 3.05) is 0 Å². The average molecular weight is 301 g/mol. The molecule has 21 heavy (non-hydrogen) atoms. The van der Waals surface area contributed by atoms with Crippen LogP contribution in [-0.4, -0.2) is 11.0 Å². The summed E-state index contributed by atoms with van der Waals surface area (Å²) < 4.78 is 0. The molecule has 1 aromatic carbocycles. The van der Waals surface area contributed by atoms with E-state index in [9.17, 15) is 0 Å². The Morgan fingerprint density at radius 3 is 2.62 bits per heavy atom. The minimum Gasteiger partial charge on any atom is -0.310 e. The van der Waals surface area contributed by atoms with Crippen molar-refractivity contribution in [3.63, 3.8) is 0 Å². The lowest BCUT2D eigenvalue weighted by molar-refractivity contribution is 0.687. The maximum absolute atomic E-state index is 6.41. The van der Waals surface area contributed by atoms with Crippen LogP contribution in [0.1, 0.15) is 42.1 Å². The van der Waals surface area contributed by atoms with E-state index >= 15 is 0 Å². The standard InChI is InChI=1S/C18H21ClN2/c1-2-13-4-6-17(21-11-13)10-15-5-3-14(9-18(15)19)12-20-16-7-8-16/h3-6,9,11,16,20H,2,7-8,10,12H2,1H3. The van der Waals surface area contributed by atoms with Crippen LogP contribution in [0.4, 0.5) is 0 Å². The smallest absolute Gasteiger partial charge is 0.0448 e. The summed E-state index contributed by atoms with van der Waals surface area (Å²) in [5, 5.41) is 4.35. The number of nitrogens with one attached hydrogen (secondary N) is 1. The van der Waals surface area contributed by atoms with Gasteiger partial charge in [-0.1, -0.05) is 36.7 Å². The third-order valence-electron chi connectivity index (χ3n) is 3.96. The van der Waals surface area contributed by atoms with Gasteiger partial charge in [0, 0.05) is 35.9 Å². The summed E-state index contributed by atoms with van der Waals surface area (Å²) in [4.78, 5) is 4.51. The molecule has 1 aromatic heterocycles. The minimum atomic E-state index is 0.727. The fraction of sp³-hybridized carbons (Fsp3) is 0.389. The summed E-state index contributed by atoms with van der Waals surface area (Å²) in [6.07, 6.45) is 6.39. The lowest BCUT2D eigenvalue weighted by atomic mass is 10.1. The minimum absolute atomic E-state index is 0.727. The second-order valence-corrected chi connectivity index (χ2v) is 6.18. The van der Waals surface area contributed by atoms with Crippen LogP contribution < -0.4 is 5.32 Å². The van der Waals surface area contributed by atoms with Gasteiger partial charge < -0.3 is 5.32 Å². The number of hydrogen-bond donors (Lipinski definition) is 1. The van der Waals surface area contributed by atoms with Crippen molar-refractivity contribution in [3.05, 3.63) is 63.9 Å². The second kappa shape index (κ2) is 6.59. The predicted octanol–water partition coefficient (Wildman–Crippen LogP) is 4.14. The van der Waals surface area contributed by atoms with E-state index in [0.29, 0.717) is 0 Å². The van der Waals surface area contributed by atoms with Gasteiger partial charge in [0.25, 0.3) is 0 Å². The Bertz CT molecular complexity index is 603. The Morgan fingerprint density at radius 2 is 2.00 bits per heavy atom. The van der Waals surface area contributed by atoms with Crippen LogP contribution in [0.15, 0.2) is 36.5 Å². The van der Waals surface area contributed by atoms with E-state index in [2.05, 4.69) is 47.6 Å². The quantitative estimate of drug-likeness (QED) is 0.867. The normalized spacial score (nSPS) is 14.4. The summed E-state index contributed by atoms with van der Waals surface area (Å²) in [5.74, 6) is 0. The highest BCUT2D eigenvalue weighted by atomic mass is 35.5. The van der Waals surface area contributed by atoms with Crippen molar-refractivity contribution < 1.29 is 0 Å². The van der Waals surface area contributed by atoms with Gasteiger partial charge in [-0.2, -0.15) is 0 Å². The topological polar surface area (TPSA) is 24.9 Å². The van der Waals surface area contributed by atoms with Gasteiger partial charge in [0.2, 0.25) is 0 Å². The van der Waals surface area contributed by atoms with Gasteiger partial charge in [0.15, 0.2) is 0 Å². The number of aromatic nitrogens is 1. The van der Waals surface area contributed by atoms with Gasteiger partial charge in [-0.3, -0.25) is 4.98 Å². The van der Waals surface area contributed by atoms with E-state index in [1.54, 1.807) is 0 Å². The monoisotopic (exact) mass is 300 g/mol. The van der Waals surface area contributed by atoms with Gasteiger partial charge in [-0.15, -0.1) is 0 Å². The molecule has 0 saturated heterocycles. The molecule has 1 N–H and O–H groups in total. The molecule has 0 aliphatic heterocycles. The highest BCUT2D eigenvalue weighted by molar-refractivity contribution is 6.31. The predicted molar refractivity (Wildman–Crippen MR) is 87.7 cm³/mol. The van der Waals surface area contributed by atoms with Crippen molar-refractivity contribution in [1.29, 1.82) is 0 Å². The molecule has 3 heteroatoms. The lowest BCUT2D eigenvalue weighted by Crippen LogP contribution is -2.15. The summed E-state index contributed by atoms with van der Waals surface area (Å²) in [5.41, 5.74) is 4.73. The molecule has 1 aliphatic carbocycles. The van der Waals surface area contributed by atoms with E-state index in [-0.39, 0.29) is 0 Å². The zero-order valence-electron chi connectivity index (χ0n) is 12.4. The van der Waals surface area contributed by atoms with Crippen molar-refractivity contribution in [1.82, 2.24) is 10.3 Å². The first-order valence-corrected chi connectivity index (χ1v) is 8.07. The van der Waals surface area contributed by atoms with Gasteiger partial charge >= 0.3 is 0 Å². The molecule has 0 spiro atoms. The molecule has 1 heterocycles. The molecule has 3 rings (SSSR count). The summed E-state index contributed by atoms with van der Waals surface area (Å²) >= 11 is 6.41. The number of halogens is 1. The summed E-state index contributed by atoms with van der Waals surface area (Å²) in [7, 11) is 0. The first-order chi connectivity index (χ1) is 10.2. The zero-order chi connectivity index (χ0) is 14.7. The maximum Gasteiger partial charge on any atom is 0.0448 e. The highest BCUT2D eigenvalue weighted by Crippen LogP contribution is 2.23. The first-order valence-electron chi connectivity index (χ1n) is 7.69. The summed E-state index contributed by atoms with van der Waals surface area (Å²) in [6, 6.07) is 11.3. The number of pyridine rings is 1. The van der Waals surface area contributed by atoms with Gasteiger partial charge in [0.05, 0.1) is 0 Å². The Kier molecular flexibility index (Phi) is 4.57. The van der Waals surface area contributed by atoms with Crippen molar-refractivity contribution >= 4 is 11.6 Å². The molecule has 2 nitrogen and oxygen atoms in total. The van der Waals surface area contributed by atoms with E-state index in [1.165, 1.54) is 24.0 Å². The molecule has 0 unspecified atom stereocenters. The van der Waals surface area contributed by atoms with Crippen LogP contribution >= 0.6 is 11.6 Å². The number of aryl methyl sites for hydroxylation is 1. The second-order valence-electron chi connectivity index (χ2n) is 5.77. The van der Waals surface area contributed by atoms with Crippen molar-refractivity contribution in [2.24, 2.45) is 0 Å². The highest BCUT2D eigenvalue weighted by Gasteiger charge is 2.19. The molecule has 110 valence electrons. The Hall–Kier alpha value is -1.38. The Balaban J connectivity index is 1.66. The Labute approximate surface area is 131 Å². The van der Waals surface area contributed by atoms with Gasteiger partial charge in [-0.25, -0.2) is 0 Å². The van der Waals surface area contributed by atoms with Gasteiger partial charge in [0.1, 0.15) is 0 Å². The van der Waals surface area contributed by atoms with E-state index < -0.39 is 0 Å². The zero-order valence-corrected chi connectivity index (χ0v) is 13.2. The molecule has 1 saturated carbocycles. The molecule has 0 amide bonds. The Morgan fingerprint density at radius 1 is 1.19 bits per heavy atom. The van der Waals surface area contributed by atoms with Crippen molar-refractivity contribution in [3.8, 4) is 0 Å². The molecule has 0 radical (unpaired) electrons. The fourth-order valence-corrected chi connectivity index (χ4v) is 2.63. The lowest BCUT2D eigenvalue weighted by Gasteiger charge is -2.08.